The van der Waals surface area contributed by atoms with Crippen molar-refractivity contribution in [1.29, 1.82) is 0 Å². The first-order valence-electron chi connectivity index (χ1n) is 14.2. The van der Waals surface area contributed by atoms with E-state index in [1.54, 1.807) is 13.8 Å². The highest BCUT2D eigenvalue weighted by atomic mass is 19.1. The van der Waals surface area contributed by atoms with Gasteiger partial charge in [0.2, 0.25) is 0 Å². The van der Waals surface area contributed by atoms with Crippen LogP contribution in [0.4, 0.5) is 14.9 Å². The first-order valence-corrected chi connectivity index (χ1v) is 14.2. The van der Waals surface area contributed by atoms with E-state index < -0.39 is 29.8 Å². The number of likely N-dealkylation sites (N-methyl/N-ethyl adjacent to an activating group) is 1. The zero-order chi connectivity index (χ0) is 31.0. The minimum absolute atomic E-state index is 0.0650. The average Bonchev–Trinajstić information content (AvgIpc) is 3.40. The van der Waals surface area contributed by atoms with Crippen LogP contribution >= 0.6 is 0 Å². The summed E-state index contributed by atoms with van der Waals surface area (Å²) in [5.74, 6) is -2.18. The molecule has 2 heterocycles. The largest absolute Gasteiger partial charge is 0.467 e. The maximum atomic E-state index is 14.4. The zero-order valence-electron chi connectivity index (χ0n) is 24.9. The number of methoxy groups -OCH3 is 1. The van der Waals surface area contributed by atoms with E-state index in [0.29, 0.717) is 48.4 Å². The third kappa shape index (κ3) is 7.24. The molecule has 4 amide bonds. The minimum Gasteiger partial charge on any atom is -0.467 e. The second-order valence-corrected chi connectivity index (χ2v) is 10.1. The van der Waals surface area contributed by atoms with Crippen LogP contribution in [0.25, 0.3) is 11.6 Å². The summed E-state index contributed by atoms with van der Waals surface area (Å²) >= 11 is 0. The molecule has 1 aliphatic rings. The van der Waals surface area contributed by atoms with E-state index in [0.717, 1.165) is 30.6 Å². The zero-order valence-corrected chi connectivity index (χ0v) is 24.9. The SMILES string of the molecule is CCN(CC)CCNC(=O)c1c(C)[nH]c(/C=C2\C(=O)N(C(=O)NC(CCCCN)C(=O)OC)c3ccc(F)cc32)c1C. The van der Waals surface area contributed by atoms with Crippen molar-refractivity contribution in [2.45, 2.75) is 53.0 Å². The van der Waals surface area contributed by atoms with Crippen LogP contribution in [0.3, 0.4) is 0 Å². The average molecular weight is 585 g/mol. The number of carbonyl (C=O) groups is 4. The first kappa shape index (κ1) is 32.5. The third-order valence-corrected chi connectivity index (χ3v) is 7.46. The molecule has 0 radical (unpaired) electrons. The van der Waals surface area contributed by atoms with Gasteiger partial charge in [-0.1, -0.05) is 13.8 Å². The highest BCUT2D eigenvalue weighted by molar-refractivity contribution is 6.42. The fraction of sp³-hybridized carbons (Fsp3) is 0.467. The summed E-state index contributed by atoms with van der Waals surface area (Å²) < 4.78 is 19.2. The summed E-state index contributed by atoms with van der Waals surface area (Å²) in [5.41, 5.74) is 8.16. The minimum atomic E-state index is -0.991. The van der Waals surface area contributed by atoms with Crippen LogP contribution in [0, 0.1) is 19.7 Å². The van der Waals surface area contributed by atoms with Crippen molar-refractivity contribution in [2.24, 2.45) is 5.73 Å². The summed E-state index contributed by atoms with van der Waals surface area (Å²) in [6.07, 6.45) is 3.00. The normalized spacial score (nSPS) is 14.3. The molecule has 0 spiro atoms. The summed E-state index contributed by atoms with van der Waals surface area (Å²) in [6, 6.07) is 1.84. The lowest BCUT2D eigenvalue weighted by molar-refractivity contribution is -0.143. The molecule has 0 saturated carbocycles. The number of aromatic amines is 1. The fourth-order valence-electron chi connectivity index (χ4n) is 5.06. The summed E-state index contributed by atoms with van der Waals surface area (Å²) in [5, 5.41) is 5.53. The standard InChI is InChI=1S/C30H41FN6O5/c1-6-36(7-2)15-14-33-27(38)26-18(3)24(34-19(26)4)17-22-21-16-20(31)11-12-25(21)37(28(22)39)30(41)35-23(29(40)42-5)10-8-9-13-32/h11-12,16-17,23,34H,6-10,13-15,32H2,1-5H3,(H,33,38)(H,35,41)/b22-17-. The van der Waals surface area contributed by atoms with E-state index in [4.69, 9.17) is 10.5 Å². The van der Waals surface area contributed by atoms with Gasteiger partial charge in [-0.25, -0.2) is 18.9 Å². The number of halogens is 1. The number of imide groups is 1. The van der Waals surface area contributed by atoms with Crippen LogP contribution in [0.15, 0.2) is 18.2 Å². The Kier molecular flexibility index (Phi) is 11.4. The number of hydrogen-bond donors (Lipinski definition) is 4. The van der Waals surface area contributed by atoms with Gasteiger partial charge in [0.05, 0.1) is 23.9 Å². The Labute approximate surface area is 245 Å². The molecule has 228 valence electrons. The number of anilines is 1. The number of nitrogens with zero attached hydrogens (tertiary/aromatic N) is 2. The van der Waals surface area contributed by atoms with E-state index in [9.17, 15) is 23.6 Å². The van der Waals surface area contributed by atoms with E-state index in [-0.39, 0.29) is 29.2 Å². The maximum absolute atomic E-state index is 14.4. The quantitative estimate of drug-likeness (QED) is 0.161. The van der Waals surface area contributed by atoms with Gasteiger partial charge in [-0.15, -0.1) is 0 Å². The van der Waals surface area contributed by atoms with E-state index in [2.05, 4.69) is 34.4 Å². The lowest BCUT2D eigenvalue weighted by atomic mass is 10.0. The molecule has 5 N–H and O–H groups in total. The molecule has 1 unspecified atom stereocenters. The number of esters is 1. The molecule has 0 aliphatic carbocycles. The van der Waals surface area contributed by atoms with Gasteiger partial charge in [-0.3, -0.25) is 9.59 Å². The van der Waals surface area contributed by atoms with Crippen LogP contribution in [0.1, 0.15) is 66.0 Å². The number of H-pyrrole nitrogens is 1. The van der Waals surface area contributed by atoms with Crippen molar-refractivity contribution in [1.82, 2.24) is 20.5 Å². The highest BCUT2D eigenvalue weighted by Crippen LogP contribution is 2.39. The monoisotopic (exact) mass is 584 g/mol. The molecular formula is C30H41FN6O5. The predicted molar refractivity (Wildman–Crippen MR) is 159 cm³/mol. The Hall–Kier alpha value is -4.03. The summed E-state index contributed by atoms with van der Waals surface area (Å²) in [7, 11) is 1.21. The summed E-state index contributed by atoms with van der Waals surface area (Å²) in [6.45, 7) is 11.0. The Balaban J connectivity index is 1.91. The van der Waals surface area contributed by atoms with Gasteiger partial charge in [0, 0.05) is 30.0 Å². The molecule has 0 bridgehead atoms. The number of unbranched alkanes of at least 4 members (excludes halogenated alkanes) is 1. The van der Waals surface area contributed by atoms with Crippen LogP contribution in [0.2, 0.25) is 0 Å². The van der Waals surface area contributed by atoms with E-state index in [1.165, 1.54) is 25.3 Å². The smallest absolute Gasteiger partial charge is 0.329 e. The number of aromatic nitrogens is 1. The molecule has 0 fully saturated rings. The van der Waals surface area contributed by atoms with Crippen LogP contribution < -0.4 is 21.3 Å². The molecule has 1 atom stereocenters. The maximum Gasteiger partial charge on any atom is 0.329 e. The number of nitrogens with two attached hydrogens (primary N) is 1. The van der Waals surface area contributed by atoms with Gasteiger partial charge in [0.25, 0.3) is 11.8 Å². The molecule has 1 aromatic heterocycles. The molecule has 11 nitrogen and oxygen atoms in total. The number of rotatable bonds is 13. The molecule has 3 rings (SSSR count). The Bertz CT molecular complexity index is 1350. The van der Waals surface area contributed by atoms with Gasteiger partial charge in [-0.2, -0.15) is 0 Å². The van der Waals surface area contributed by atoms with Crippen molar-refractivity contribution >= 4 is 41.2 Å². The number of benzene rings is 1. The van der Waals surface area contributed by atoms with Crippen LogP contribution in [-0.4, -0.2) is 79.6 Å². The van der Waals surface area contributed by atoms with Gasteiger partial charge in [0.1, 0.15) is 11.9 Å². The first-order chi connectivity index (χ1) is 20.1. The lowest BCUT2D eigenvalue weighted by Crippen LogP contribution is -2.49. The van der Waals surface area contributed by atoms with Crippen molar-refractivity contribution in [3.8, 4) is 0 Å². The Morgan fingerprint density at radius 1 is 1.19 bits per heavy atom. The number of ether oxygens (including phenoxy) is 1. The van der Waals surface area contributed by atoms with Gasteiger partial charge < -0.3 is 31.0 Å². The second-order valence-electron chi connectivity index (χ2n) is 10.1. The number of fused-ring (bicyclic) bond motifs is 1. The fourth-order valence-corrected chi connectivity index (χ4v) is 5.06. The third-order valence-electron chi connectivity index (χ3n) is 7.46. The number of urea groups is 1. The molecule has 42 heavy (non-hydrogen) atoms. The number of hydrogen-bond acceptors (Lipinski definition) is 7. The van der Waals surface area contributed by atoms with E-state index in [1.807, 2.05) is 0 Å². The number of carbonyl (C=O) groups excluding carboxylic acids is 4. The molecular weight excluding hydrogens is 543 g/mol. The van der Waals surface area contributed by atoms with Gasteiger partial charge in [0.15, 0.2) is 0 Å². The predicted octanol–water partition coefficient (Wildman–Crippen LogP) is 3.11. The van der Waals surface area contributed by atoms with Crippen molar-refractivity contribution in [3.05, 3.63) is 52.1 Å². The van der Waals surface area contributed by atoms with Gasteiger partial charge >= 0.3 is 12.0 Å². The second kappa shape index (κ2) is 14.7. The van der Waals surface area contributed by atoms with Crippen molar-refractivity contribution in [2.75, 3.05) is 44.7 Å². The van der Waals surface area contributed by atoms with Crippen molar-refractivity contribution < 1.29 is 28.3 Å². The molecule has 1 aromatic carbocycles. The van der Waals surface area contributed by atoms with Gasteiger partial charge in [-0.05, 0) is 82.6 Å². The van der Waals surface area contributed by atoms with Crippen LogP contribution in [-0.2, 0) is 14.3 Å². The molecule has 0 saturated heterocycles. The number of aryl methyl sites for hydroxylation is 1. The summed E-state index contributed by atoms with van der Waals surface area (Å²) in [4.78, 5) is 58.6. The lowest BCUT2D eigenvalue weighted by Gasteiger charge is -2.21. The molecule has 12 heteroatoms. The highest BCUT2D eigenvalue weighted by Gasteiger charge is 2.39. The number of amides is 4. The van der Waals surface area contributed by atoms with E-state index >= 15 is 0 Å². The Morgan fingerprint density at radius 3 is 2.55 bits per heavy atom. The topological polar surface area (TPSA) is 150 Å². The molecule has 1 aliphatic heterocycles. The van der Waals surface area contributed by atoms with Crippen LogP contribution in [0.5, 0.6) is 0 Å². The van der Waals surface area contributed by atoms with Crippen molar-refractivity contribution in [3.63, 3.8) is 0 Å². The Morgan fingerprint density at radius 2 is 1.90 bits per heavy atom. The molecule has 2 aromatic rings. The number of nitrogens with one attached hydrogen (secondary N) is 3.